The fourth-order valence-electron chi connectivity index (χ4n) is 4.49. The fraction of sp³-hybridized carbons (Fsp3) is 0.379. The number of aliphatic hydroxyl groups is 1. The lowest BCUT2D eigenvalue weighted by Gasteiger charge is -2.36. The highest BCUT2D eigenvalue weighted by Crippen LogP contribution is 2.23. The van der Waals surface area contributed by atoms with Gasteiger partial charge in [-0.1, -0.05) is 91.0 Å². The van der Waals surface area contributed by atoms with Crippen LogP contribution >= 0.6 is 0 Å². The van der Waals surface area contributed by atoms with Crippen LogP contribution in [0.2, 0.25) is 0 Å². The Balaban J connectivity index is 1.55. The minimum Gasteiger partial charge on any atom is -0.391 e. The third kappa shape index (κ3) is 7.51. The molecule has 33 heavy (non-hydrogen) atoms. The molecule has 0 aromatic heterocycles. The summed E-state index contributed by atoms with van der Waals surface area (Å²) in [6.07, 6.45) is 2.37. The zero-order valence-corrected chi connectivity index (χ0v) is 19.3. The van der Waals surface area contributed by atoms with Crippen molar-refractivity contribution < 1.29 is 14.6 Å². The zero-order chi connectivity index (χ0) is 22.7. The van der Waals surface area contributed by atoms with Gasteiger partial charge in [0, 0.05) is 25.6 Å². The van der Waals surface area contributed by atoms with Crippen molar-refractivity contribution >= 4 is 0 Å². The molecule has 0 bridgehead atoms. The number of rotatable bonds is 11. The van der Waals surface area contributed by atoms with E-state index in [0.29, 0.717) is 12.8 Å². The summed E-state index contributed by atoms with van der Waals surface area (Å²) in [5, 5.41) is 11.5. The normalized spacial score (nSPS) is 16.5. The molecule has 1 heterocycles. The number of hydrogen-bond acceptors (Lipinski definition) is 4. The summed E-state index contributed by atoms with van der Waals surface area (Å²) in [5.41, 5.74) is 3.73. The maximum atomic E-state index is 11.5. The smallest absolute Gasteiger partial charge is 0.157 e. The highest BCUT2D eigenvalue weighted by molar-refractivity contribution is 5.20. The summed E-state index contributed by atoms with van der Waals surface area (Å²) in [5.74, 6) is 0. The third-order valence-electron chi connectivity index (χ3n) is 6.25. The monoisotopic (exact) mass is 445 g/mol. The standard InChI is InChI=1S/C29H35NO3/c31-28(17-18-29-32-19-10-20-33-29)27(21-24-11-4-1-5-12-24)30(22-25-13-6-2-7-14-25)23-26-15-8-3-9-16-26/h1-9,11-16,27-29,31H,10,17-23H2/t27-,28-/m0/s1. The number of hydrogen-bond donors (Lipinski definition) is 1. The molecule has 2 atom stereocenters. The van der Waals surface area contributed by atoms with Crippen molar-refractivity contribution in [3.05, 3.63) is 108 Å². The molecular weight excluding hydrogens is 410 g/mol. The van der Waals surface area contributed by atoms with Crippen molar-refractivity contribution in [1.82, 2.24) is 4.90 Å². The van der Waals surface area contributed by atoms with Gasteiger partial charge in [0.25, 0.3) is 0 Å². The maximum absolute atomic E-state index is 11.5. The highest BCUT2D eigenvalue weighted by atomic mass is 16.7. The Labute approximate surface area is 197 Å². The Kier molecular flexibility index (Phi) is 9.08. The molecule has 0 unspecified atom stereocenters. The van der Waals surface area contributed by atoms with E-state index in [1.807, 2.05) is 18.2 Å². The van der Waals surface area contributed by atoms with Crippen LogP contribution < -0.4 is 0 Å². The number of aliphatic hydroxyl groups excluding tert-OH is 1. The molecule has 0 spiro atoms. The molecular formula is C29H35NO3. The van der Waals surface area contributed by atoms with E-state index in [4.69, 9.17) is 9.47 Å². The van der Waals surface area contributed by atoms with E-state index in [9.17, 15) is 5.11 Å². The van der Waals surface area contributed by atoms with Gasteiger partial charge in [0.1, 0.15) is 0 Å². The second-order valence-corrected chi connectivity index (χ2v) is 8.80. The largest absolute Gasteiger partial charge is 0.391 e. The van der Waals surface area contributed by atoms with E-state index < -0.39 is 6.10 Å². The molecule has 4 heteroatoms. The highest BCUT2D eigenvalue weighted by Gasteiger charge is 2.28. The summed E-state index contributed by atoms with van der Waals surface area (Å²) in [6, 6.07) is 31.5. The molecule has 3 aromatic carbocycles. The van der Waals surface area contributed by atoms with Crippen LogP contribution in [0.4, 0.5) is 0 Å². The predicted molar refractivity (Wildman–Crippen MR) is 132 cm³/mol. The van der Waals surface area contributed by atoms with E-state index >= 15 is 0 Å². The average Bonchev–Trinajstić information content (AvgIpc) is 2.88. The van der Waals surface area contributed by atoms with Crippen molar-refractivity contribution in [2.75, 3.05) is 13.2 Å². The molecule has 0 amide bonds. The Morgan fingerprint density at radius 3 is 1.73 bits per heavy atom. The van der Waals surface area contributed by atoms with Crippen molar-refractivity contribution in [1.29, 1.82) is 0 Å². The second kappa shape index (κ2) is 12.7. The van der Waals surface area contributed by atoms with Gasteiger partial charge in [-0.15, -0.1) is 0 Å². The summed E-state index contributed by atoms with van der Waals surface area (Å²) < 4.78 is 11.5. The van der Waals surface area contributed by atoms with Gasteiger partial charge in [-0.3, -0.25) is 4.90 Å². The summed E-state index contributed by atoms with van der Waals surface area (Å²) >= 11 is 0. The molecule has 1 N–H and O–H groups in total. The Bertz CT molecular complexity index is 872. The van der Waals surface area contributed by atoms with Gasteiger partial charge in [0.2, 0.25) is 0 Å². The van der Waals surface area contributed by atoms with Gasteiger partial charge in [-0.2, -0.15) is 0 Å². The Hall–Kier alpha value is -2.50. The van der Waals surface area contributed by atoms with E-state index in [1.165, 1.54) is 16.7 Å². The maximum Gasteiger partial charge on any atom is 0.157 e. The first-order chi connectivity index (χ1) is 16.3. The van der Waals surface area contributed by atoms with Crippen LogP contribution in [0.3, 0.4) is 0 Å². The lowest BCUT2D eigenvalue weighted by molar-refractivity contribution is -0.184. The molecule has 4 rings (SSSR count). The average molecular weight is 446 g/mol. The molecule has 1 aliphatic rings. The summed E-state index contributed by atoms with van der Waals surface area (Å²) in [7, 11) is 0. The fourth-order valence-corrected chi connectivity index (χ4v) is 4.49. The van der Waals surface area contributed by atoms with E-state index in [1.54, 1.807) is 0 Å². The molecule has 0 aliphatic carbocycles. The first kappa shape index (κ1) is 23.7. The van der Waals surface area contributed by atoms with Crippen LogP contribution in [0.25, 0.3) is 0 Å². The lowest BCUT2D eigenvalue weighted by atomic mass is 9.95. The lowest BCUT2D eigenvalue weighted by Crippen LogP contribution is -2.45. The van der Waals surface area contributed by atoms with Gasteiger partial charge in [-0.05, 0) is 36.0 Å². The second-order valence-electron chi connectivity index (χ2n) is 8.80. The molecule has 3 aromatic rings. The van der Waals surface area contributed by atoms with Gasteiger partial charge < -0.3 is 14.6 Å². The minimum absolute atomic E-state index is 0.0311. The van der Waals surface area contributed by atoms with E-state index in [-0.39, 0.29) is 12.3 Å². The topological polar surface area (TPSA) is 41.9 Å². The Morgan fingerprint density at radius 2 is 1.21 bits per heavy atom. The van der Waals surface area contributed by atoms with Crippen molar-refractivity contribution in [2.24, 2.45) is 0 Å². The third-order valence-corrected chi connectivity index (χ3v) is 6.25. The van der Waals surface area contributed by atoms with E-state index in [0.717, 1.165) is 39.1 Å². The molecule has 1 aliphatic heterocycles. The van der Waals surface area contributed by atoms with Gasteiger partial charge in [0.05, 0.1) is 19.3 Å². The van der Waals surface area contributed by atoms with Crippen LogP contribution in [-0.4, -0.2) is 41.7 Å². The summed E-state index contributed by atoms with van der Waals surface area (Å²) in [6.45, 7) is 3.03. The number of nitrogens with zero attached hydrogens (tertiary/aromatic N) is 1. The van der Waals surface area contributed by atoms with Crippen LogP contribution in [0.5, 0.6) is 0 Å². The molecule has 0 saturated carbocycles. The predicted octanol–water partition coefficient (Wildman–Crippen LogP) is 5.20. The first-order valence-electron chi connectivity index (χ1n) is 12.0. The van der Waals surface area contributed by atoms with Crippen molar-refractivity contribution in [2.45, 2.75) is 57.2 Å². The van der Waals surface area contributed by atoms with Crippen LogP contribution in [0.15, 0.2) is 91.0 Å². The first-order valence-corrected chi connectivity index (χ1v) is 12.0. The van der Waals surface area contributed by atoms with Gasteiger partial charge in [0.15, 0.2) is 6.29 Å². The summed E-state index contributed by atoms with van der Waals surface area (Å²) in [4.78, 5) is 2.42. The van der Waals surface area contributed by atoms with Crippen LogP contribution in [-0.2, 0) is 29.0 Å². The SMILES string of the molecule is O[C@@H](CCC1OCCCO1)[C@H](Cc1ccccc1)N(Cc1ccccc1)Cc1ccccc1. The molecule has 1 fully saturated rings. The molecule has 174 valence electrons. The van der Waals surface area contributed by atoms with Crippen LogP contribution in [0, 0.1) is 0 Å². The molecule has 4 nitrogen and oxygen atoms in total. The van der Waals surface area contributed by atoms with Gasteiger partial charge in [-0.25, -0.2) is 0 Å². The zero-order valence-electron chi connectivity index (χ0n) is 19.3. The van der Waals surface area contributed by atoms with Crippen molar-refractivity contribution in [3.8, 4) is 0 Å². The van der Waals surface area contributed by atoms with Crippen molar-refractivity contribution in [3.63, 3.8) is 0 Å². The number of benzene rings is 3. The number of ether oxygens (including phenoxy) is 2. The quantitative estimate of drug-likeness (QED) is 0.440. The van der Waals surface area contributed by atoms with Crippen LogP contribution in [0.1, 0.15) is 36.0 Å². The minimum atomic E-state index is -0.494. The van der Waals surface area contributed by atoms with Gasteiger partial charge >= 0.3 is 0 Å². The molecule has 0 radical (unpaired) electrons. The van der Waals surface area contributed by atoms with E-state index in [2.05, 4.69) is 77.7 Å². The Morgan fingerprint density at radius 1 is 0.727 bits per heavy atom. The molecule has 1 saturated heterocycles.